The lowest BCUT2D eigenvalue weighted by molar-refractivity contribution is 0.353. The molecule has 0 bridgehead atoms. The lowest BCUT2D eigenvalue weighted by Gasteiger charge is -2.36. The SMILES string of the molecule is C1=CC(c2cc(-c3ccccc3)nc(-c3cccc(-c4cccc(-c5ccc6c(c5)-c5ccccc5C65CCCCC5)c4)c3)n2)=CCC1.c1ccc(-c2cc(-c3ccccc3)nc(-c3ccc(-c4cccc(-c5ccc6c(c5)-c5ccccc5C65CCCCC5)c4)cc3)n2)cc1.c1ccc(-c2cc(-c3ccccc3)nc(-c3cccc(-c4ccc(-c5ccc6c(c5)-c5ccccc5C65CCCCC5)cc4)c3)n2)cc1. The van der Waals surface area contributed by atoms with Crippen LogP contribution >= 0.6 is 0 Å². The molecule has 3 fully saturated rings. The molecule has 7 aliphatic carbocycles. The predicted octanol–water partition coefficient (Wildman–Crippen LogP) is 36.2. The molecular formula is C138H110N6. The van der Waals surface area contributed by atoms with Crippen molar-refractivity contribution in [2.24, 2.45) is 0 Å². The standard InChI is InChI=1S/C46H38N2.2C46H36N2/c1-4-14-32(15-5-1)43-31-44(33-16-6-2-7-17-33)48-45(47-43)38-21-13-20-36(29-38)34-18-12-19-35(28-34)37-24-25-42-40(30-37)39-22-8-9-23-41(39)46(42)26-10-3-11-27-46;1-4-13-34(14-5-1)43-31-44(35-15-6-2-7-16-35)48-45(47-43)38-18-12-17-36(29-38)32-21-23-33(24-22-32)37-25-26-42-40(30-37)39-19-8-9-20-41(39)46(42)27-10-3-11-28-46;1-4-13-33(14-5-1)43-31-44(34-15-6-2-7-16-34)48-45(47-43)35-23-21-32(22-24-35)36-17-12-18-37(29-36)38-25-26-42-40(30-38)39-19-8-9-20-41(39)46(42)27-10-3-11-28-46/h1,4-6,8-9,12-25,28-31H,2-3,7,10-11,26-27H2;2*1-2,4-9,12-26,29-31H,3,10-11,27-28H2. The zero-order chi connectivity index (χ0) is 95.8. The first-order valence-corrected chi connectivity index (χ1v) is 51.9. The van der Waals surface area contributed by atoms with E-state index in [9.17, 15) is 0 Å². The van der Waals surface area contributed by atoms with Gasteiger partial charge in [0.05, 0.1) is 34.2 Å². The molecule has 7 aliphatic rings. The third-order valence-electron chi connectivity index (χ3n) is 31.7. The van der Waals surface area contributed by atoms with E-state index in [2.05, 4.69) is 431 Å². The molecule has 0 unspecified atom stereocenters. The number of allylic oxidation sites excluding steroid dienone is 4. The van der Waals surface area contributed by atoms with E-state index in [-0.39, 0.29) is 16.2 Å². The van der Waals surface area contributed by atoms with E-state index in [1.165, 1.54) is 202 Å². The molecule has 144 heavy (non-hydrogen) atoms. The first-order valence-electron chi connectivity index (χ1n) is 51.9. The molecule has 0 amide bonds. The van der Waals surface area contributed by atoms with E-state index >= 15 is 0 Å². The highest BCUT2D eigenvalue weighted by Crippen LogP contribution is 2.60. The predicted molar refractivity (Wildman–Crippen MR) is 596 cm³/mol. The molecule has 3 aromatic heterocycles. The van der Waals surface area contributed by atoms with E-state index in [0.29, 0.717) is 0 Å². The highest BCUT2D eigenvalue weighted by Gasteiger charge is 2.47. The van der Waals surface area contributed by atoms with Crippen LogP contribution in [-0.4, -0.2) is 29.9 Å². The molecular weight excluding hydrogens is 1740 g/mol. The molecule has 27 rings (SSSR count). The Morgan fingerprint density at radius 3 is 0.694 bits per heavy atom. The van der Waals surface area contributed by atoms with Crippen molar-refractivity contribution in [3.05, 3.63) is 500 Å². The summed E-state index contributed by atoms with van der Waals surface area (Å²) >= 11 is 0. The van der Waals surface area contributed by atoms with Crippen molar-refractivity contribution >= 4 is 5.57 Å². The third kappa shape index (κ3) is 17.1. The number of benzene rings is 17. The van der Waals surface area contributed by atoms with Gasteiger partial charge < -0.3 is 0 Å². The van der Waals surface area contributed by atoms with Crippen LogP contribution in [0, 0.1) is 0 Å². The van der Waals surface area contributed by atoms with Crippen LogP contribution in [0.25, 0.3) is 196 Å². The van der Waals surface area contributed by atoms with Gasteiger partial charge in [0.15, 0.2) is 17.5 Å². The average Bonchev–Trinajstić information content (AvgIpc) is 1.57. The van der Waals surface area contributed by atoms with E-state index in [4.69, 9.17) is 29.9 Å². The van der Waals surface area contributed by atoms with Crippen molar-refractivity contribution in [3.8, 4) is 191 Å². The zero-order valence-corrected chi connectivity index (χ0v) is 81.1. The Labute approximate surface area is 845 Å². The van der Waals surface area contributed by atoms with Crippen LogP contribution in [0.2, 0.25) is 0 Å². The van der Waals surface area contributed by atoms with Gasteiger partial charge in [0.1, 0.15) is 0 Å². The summed E-state index contributed by atoms with van der Waals surface area (Å²) in [4.78, 5) is 30.4. The minimum absolute atomic E-state index is 0.189. The molecule has 3 heterocycles. The fraction of sp³-hybridized carbons (Fsp3) is 0.145. The Balaban J connectivity index is 0.000000113. The molecule has 17 aromatic carbocycles. The molecule has 0 aliphatic heterocycles. The van der Waals surface area contributed by atoms with Crippen LogP contribution in [0.4, 0.5) is 0 Å². The number of hydrogen-bond donors (Lipinski definition) is 0. The number of rotatable bonds is 15. The molecule has 0 atom stereocenters. The molecule has 0 saturated heterocycles. The normalized spacial score (nSPS) is 14.9. The van der Waals surface area contributed by atoms with Gasteiger partial charge in [0.2, 0.25) is 0 Å². The van der Waals surface area contributed by atoms with Crippen molar-refractivity contribution in [2.75, 3.05) is 0 Å². The van der Waals surface area contributed by atoms with Gasteiger partial charge in [-0.05, 0) is 251 Å². The summed E-state index contributed by atoms with van der Waals surface area (Å²) in [6, 6.07) is 160. The highest BCUT2D eigenvalue weighted by atomic mass is 14.9. The highest BCUT2D eigenvalue weighted by molar-refractivity contribution is 5.91. The number of aromatic nitrogens is 6. The monoisotopic (exact) mass is 1850 g/mol. The van der Waals surface area contributed by atoms with E-state index < -0.39 is 0 Å². The smallest absolute Gasteiger partial charge is 0.160 e. The van der Waals surface area contributed by atoms with Gasteiger partial charge in [-0.3, -0.25) is 0 Å². The Bertz CT molecular complexity index is 8130. The van der Waals surface area contributed by atoms with E-state index in [0.717, 1.165) is 126 Å². The summed E-state index contributed by atoms with van der Waals surface area (Å²) in [5.41, 5.74) is 48.1. The first-order chi connectivity index (χ1) is 71.2. The number of nitrogens with zero attached hydrogens (tertiary/aromatic N) is 6. The summed E-state index contributed by atoms with van der Waals surface area (Å²) in [5, 5.41) is 0. The Morgan fingerprint density at radius 1 is 0.153 bits per heavy atom. The van der Waals surface area contributed by atoms with Crippen molar-refractivity contribution < 1.29 is 0 Å². The molecule has 3 spiro atoms. The van der Waals surface area contributed by atoms with Crippen LogP contribution in [0.15, 0.2) is 461 Å². The van der Waals surface area contributed by atoms with Gasteiger partial charge in [-0.25, -0.2) is 29.9 Å². The number of hydrogen-bond acceptors (Lipinski definition) is 6. The molecule has 6 nitrogen and oxygen atoms in total. The molecule has 692 valence electrons. The fourth-order valence-electron chi connectivity index (χ4n) is 24.6. The van der Waals surface area contributed by atoms with Crippen LogP contribution in [-0.2, 0) is 16.2 Å². The minimum Gasteiger partial charge on any atom is -0.228 e. The maximum atomic E-state index is 5.11. The Morgan fingerprint density at radius 2 is 0.382 bits per heavy atom. The summed E-state index contributed by atoms with van der Waals surface area (Å²) in [6.07, 6.45) is 28.4. The first kappa shape index (κ1) is 88.9. The second-order valence-electron chi connectivity index (χ2n) is 40.2. The zero-order valence-electron chi connectivity index (χ0n) is 81.1. The lowest BCUT2D eigenvalue weighted by atomic mass is 9.68. The topological polar surface area (TPSA) is 77.3 Å². The molecule has 6 heteroatoms. The van der Waals surface area contributed by atoms with Crippen molar-refractivity contribution in [1.29, 1.82) is 0 Å². The Hall–Kier alpha value is -16.5. The van der Waals surface area contributed by atoms with Crippen LogP contribution in [0.5, 0.6) is 0 Å². The van der Waals surface area contributed by atoms with E-state index in [1.54, 1.807) is 16.7 Å². The van der Waals surface area contributed by atoms with Gasteiger partial charge >= 0.3 is 0 Å². The second kappa shape index (κ2) is 38.8. The summed E-state index contributed by atoms with van der Waals surface area (Å²) in [6.45, 7) is 0. The third-order valence-corrected chi connectivity index (χ3v) is 31.7. The molecule has 0 radical (unpaired) electrons. The molecule has 20 aromatic rings. The molecule has 0 N–H and O–H groups in total. The quantitative estimate of drug-likeness (QED) is 0.102. The van der Waals surface area contributed by atoms with Crippen LogP contribution in [0.1, 0.15) is 148 Å². The summed E-state index contributed by atoms with van der Waals surface area (Å²) < 4.78 is 0. The average molecular weight is 1850 g/mol. The Kier molecular flexibility index (Phi) is 23.9. The summed E-state index contributed by atoms with van der Waals surface area (Å²) in [5.74, 6) is 2.20. The second-order valence-corrected chi connectivity index (χ2v) is 40.2. The van der Waals surface area contributed by atoms with Gasteiger partial charge in [0, 0.05) is 60.8 Å². The largest absolute Gasteiger partial charge is 0.228 e. The lowest BCUT2D eigenvalue weighted by Crippen LogP contribution is -2.27. The van der Waals surface area contributed by atoms with Crippen LogP contribution in [0.3, 0.4) is 0 Å². The fourth-order valence-corrected chi connectivity index (χ4v) is 24.6. The minimum atomic E-state index is 0.189. The summed E-state index contributed by atoms with van der Waals surface area (Å²) in [7, 11) is 0. The van der Waals surface area contributed by atoms with Crippen LogP contribution < -0.4 is 0 Å². The maximum Gasteiger partial charge on any atom is 0.160 e. The van der Waals surface area contributed by atoms with Gasteiger partial charge in [-0.15, -0.1) is 0 Å². The van der Waals surface area contributed by atoms with Gasteiger partial charge in [0.25, 0.3) is 0 Å². The van der Waals surface area contributed by atoms with Gasteiger partial charge in [-0.1, -0.05) is 458 Å². The number of fused-ring (bicyclic) bond motifs is 15. The maximum absolute atomic E-state index is 5.11. The van der Waals surface area contributed by atoms with Crippen molar-refractivity contribution in [2.45, 2.75) is 125 Å². The van der Waals surface area contributed by atoms with Crippen molar-refractivity contribution in [1.82, 2.24) is 29.9 Å². The van der Waals surface area contributed by atoms with E-state index in [1.807, 2.05) is 30.3 Å². The van der Waals surface area contributed by atoms with Gasteiger partial charge in [-0.2, -0.15) is 0 Å². The van der Waals surface area contributed by atoms with Crippen molar-refractivity contribution in [3.63, 3.8) is 0 Å². The molecule has 3 saturated carbocycles.